The first-order chi connectivity index (χ1) is 4.88. The second-order valence-corrected chi connectivity index (χ2v) is 1.62. The molecule has 0 aliphatic carbocycles. The van der Waals surface area contributed by atoms with Gasteiger partial charge in [0, 0.05) is 6.20 Å². The predicted molar refractivity (Wildman–Crippen MR) is 36.2 cm³/mol. The van der Waals surface area contributed by atoms with Gasteiger partial charge < -0.3 is 4.74 Å². The van der Waals surface area contributed by atoms with Crippen molar-refractivity contribution in [3.05, 3.63) is 23.2 Å². The van der Waals surface area contributed by atoms with Gasteiger partial charge in [0.2, 0.25) is 5.82 Å². The van der Waals surface area contributed by atoms with E-state index in [1.807, 2.05) is 0 Å². The van der Waals surface area contributed by atoms with Gasteiger partial charge in [0.1, 0.15) is 0 Å². The molecule has 0 fully saturated rings. The van der Waals surface area contributed by atoms with E-state index in [2.05, 4.69) is 10.2 Å². The Labute approximate surface area is 57.8 Å². The summed E-state index contributed by atoms with van der Waals surface area (Å²) in [7, 11) is 1.46. The van der Waals surface area contributed by atoms with Crippen molar-refractivity contribution in [2.75, 3.05) is 7.11 Å². The molecule has 0 spiro atoms. The van der Waals surface area contributed by atoms with Crippen molar-refractivity contribution in [2.45, 2.75) is 0 Å². The van der Waals surface area contributed by atoms with Crippen LogP contribution in [0.3, 0.4) is 0 Å². The summed E-state index contributed by atoms with van der Waals surface area (Å²) in [5.41, 5.74) is 0. The fourth-order valence-corrected chi connectivity index (χ4v) is 0.610. The predicted octanol–water partition coefficient (Wildman–Crippen LogP) is 1.49. The van der Waals surface area contributed by atoms with Gasteiger partial charge in [0.15, 0.2) is 5.75 Å². The van der Waals surface area contributed by atoms with E-state index >= 15 is 0 Å². The summed E-state index contributed by atoms with van der Waals surface area (Å²) >= 11 is 0. The van der Waals surface area contributed by atoms with E-state index in [0.717, 1.165) is 0 Å². The van der Waals surface area contributed by atoms with Crippen LogP contribution in [0.5, 0.6) is 5.75 Å². The summed E-state index contributed by atoms with van der Waals surface area (Å²) in [6, 6.07) is 3.30. The Hall–Kier alpha value is -1.45. The molecule has 52 valence electrons. The topological polar surface area (TPSA) is 51.6 Å². The van der Waals surface area contributed by atoms with Crippen molar-refractivity contribution in [3.8, 4) is 5.75 Å². The monoisotopic (exact) mass is 138 g/mol. The molecule has 0 aliphatic rings. The summed E-state index contributed by atoms with van der Waals surface area (Å²) in [6.07, 6.45) is 1.49. The molecular formula is C6H6N2O2. The van der Waals surface area contributed by atoms with Crippen LogP contribution in [0, 0.1) is 4.91 Å². The number of ether oxygens (including phenoxy) is 1. The number of rotatable bonds is 2. The van der Waals surface area contributed by atoms with Gasteiger partial charge in [-0.15, -0.1) is 4.91 Å². The minimum absolute atomic E-state index is 0.0880. The molecule has 4 heteroatoms. The SMILES string of the molecule is COc1cccnc1N=O. The summed E-state index contributed by atoms with van der Waals surface area (Å²) in [6.45, 7) is 0. The van der Waals surface area contributed by atoms with E-state index in [4.69, 9.17) is 4.74 Å². The van der Waals surface area contributed by atoms with Crippen LogP contribution >= 0.6 is 0 Å². The fourth-order valence-electron chi connectivity index (χ4n) is 0.610. The van der Waals surface area contributed by atoms with E-state index in [9.17, 15) is 4.91 Å². The third-order valence-corrected chi connectivity index (χ3v) is 1.06. The molecule has 0 radical (unpaired) electrons. The summed E-state index contributed by atoms with van der Waals surface area (Å²) in [5, 5.41) is 2.66. The van der Waals surface area contributed by atoms with Crippen molar-refractivity contribution in [1.29, 1.82) is 0 Å². The highest BCUT2D eigenvalue weighted by Crippen LogP contribution is 2.21. The first-order valence-electron chi connectivity index (χ1n) is 2.71. The van der Waals surface area contributed by atoms with E-state index in [1.54, 1.807) is 12.1 Å². The molecule has 0 saturated heterocycles. The normalized spacial score (nSPS) is 8.90. The van der Waals surface area contributed by atoms with Gasteiger partial charge in [-0.1, -0.05) is 0 Å². The average Bonchev–Trinajstić information content (AvgIpc) is 2.04. The Morgan fingerprint density at radius 1 is 1.70 bits per heavy atom. The van der Waals surface area contributed by atoms with Crippen LogP contribution in [0.1, 0.15) is 0 Å². The molecule has 0 aliphatic heterocycles. The van der Waals surface area contributed by atoms with Gasteiger partial charge in [0.25, 0.3) is 0 Å². The largest absolute Gasteiger partial charge is 0.493 e. The molecule has 0 unspecified atom stereocenters. The maximum Gasteiger partial charge on any atom is 0.238 e. The minimum Gasteiger partial charge on any atom is -0.493 e. The molecule has 0 amide bonds. The smallest absolute Gasteiger partial charge is 0.238 e. The Bertz CT molecular complexity index is 237. The van der Waals surface area contributed by atoms with Gasteiger partial charge >= 0.3 is 0 Å². The number of hydrogen-bond acceptors (Lipinski definition) is 4. The van der Waals surface area contributed by atoms with Crippen LogP contribution in [-0.2, 0) is 0 Å². The maximum absolute atomic E-state index is 9.99. The van der Waals surface area contributed by atoms with Crippen LogP contribution in [0.25, 0.3) is 0 Å². The third-order valence-electron chi connectivity index (χ3n) is 1.06. The summed E-state index contributed by atoms with van der Waals surface area (Å²) in [4.78, 5) is 13.7. The molecule has 0 bridgehead atoms. The minimum atomic E-state index is 0.0880. The number of aromatic nitrogens is 1. The molecule has 1 heterocycles. The Kier molecular flexibility index (Phi) is 1.94. The molecule has 0 aromatic carbocycles. The fraction of sp³-hybridized carbons (Fsp3) is 0.167. The second-order valence-electron chi connectivity index (χ2n) is 1.62. The van der Waals surface area contributed by atoms with Crippen molar-refractivity contribution in [1.82, 2.24) is 4.98 Å². The standard InChI is InChI=1S/C6H6N2O2/c1-10-5-3-2-4-7-6(5)8-9/h2-4H,1H3. The zero-order valence-electron chi connectivity index (χ0n) is 5.44. The zero-order valence-corrected chi connectivity index (χ0v) is 5.44. The van der Waals surface area contributed by atoms with E-state index in [0.29, 0.717) is 5.75 Å². The third kappa shape index (κ3) is 1.10. The lowest BCUT2D eigenvalue weighted by Gasteiger charge is -1.97. The first kappa shape index (κ1) is 6.67. The summed E-state index contributed by atoms with van der Waals surface area (Å²) < 4.78 is 4.78. The number of nitrogens with zero attached hydrogens (tertiary/aromatic N) is 2. The molecule has 0 saturated carbocycles. The maximum atomic E-state index is 9.99. The molecule has 4 nitrogen and oxygen atoms in total. The number of hydrogen-bond donors (Lipinski definition) is 0. The Morgan fingerprint density at radius 2 is 2.50 bits per heavy atom. The van der Waals surface area contributed by atoms with E-state index in [1.165, 1.54) is 13.3 Å². The molecule has 1 aromatic heterocycles. The van der Waals surface area contributed by atoms with Gasteiger partial charge in [-0.2, -0.15) is 0 Å². The van der Waals surface area contributed by atoms with Gasteiger partial charge in [-0.05, 0) is 17.3 Å². The first-order valence-corrected chi connectivity index (χ1v) is 2.71. The second kappa shape index (κ2) is 2.91. The Balaban J connectivity index is 3.08. The van der Waals surface area contributed by atoms with Crippen LogP contribution < -0.4 is 4.74 Å². The highest BCUT2D eigenvalue weighted by atomic mass is 16.5. The van der Waals surface area contributed by atoms with Gasteiger partial charge in [-0.25, -0.2) is 4.98 Å². The molecule has 0 N–H and O–H groups in total. The van der Waals surface area contributed by atoms with Crippen molar-refractivity contribution < 1.29 is 4.74 Å². The van der Waals surface area contributed by atoms with Crippen LogP contribution in [-0.4, -0.2) is 12.1 Å². The van der Waals surface area contributed by atoms with Crippen LogP contribution in [0.2, 0.25) is 0 Å². The average molecular weight is 138 g/mol. The van der Waals surface area contributed by atoms with Gasteiger partial charge in [-0.3, -0.25) is 0 Å². The molecule has 1 aromatic rings. The quantitative estimate of drug-likeness (QED) is 0.581. The highest BCUT2D eigenvalue weighted by molar-refractivity contribution is 5.43. The zero-order chi connectivity index (χ0) is 7.40. The van der Waals surface area contributed by atoms with E-state index in [-0.39, 0.29) is 5.82 Å². The van der Waals surface area contributed by atoms with Crippen molar-refractivity contribution >= 4 is 5.82 Å². The lowest BCUT2D eigenvalue weighted by Crippen LogP contribution is -1.83. The lowest BCUT2D eigenvalue weighted by atomic mass is 10.4. The number of methoxy groups -OCH3 is 1. The molecular weight excluding hydrogens is 132 g/mol. The van der Waals surface area contributed by atoms with Crippen LogP contribution in [0.15, 0.2) is 23.5 Å². The molecule has 1 rings (SSSR count). The van der Waals surface area contributed by atoms with E-state index < -0.39 is 0 Å². The Morgan fingerprint density at radius 3 is 3.00 bits per heavy atom. The molecule has 10 heavy (non-hydrogen) atoms. The number of pyridine rings is 1. The highest BCUT2D eigenvalue weighted by Gasteiger charge is 2.00. The van der Waals surface area contributed by atoms with Crippen molar-refractivity contribution in [3.63, 3.8) is 0 Å². The van der Waals surface area contributed by atoms with Crippen molar-refractivity contribution in [2.24, 2.45) is 5.18 Å². The number of nitroso groups, excluding NO2 is 1. The summed E-state index contributed by atoms with van der Waals surface area (Å²) in [5.74, 6) is 0.488. The lowest BCUT2D eigenvalue weighted by molar-refractivity contribution is 0.414. The molecule has 0 atom stereocenters. The van der Waals surface area contributed by atoms with Gasteiger partial charge in [0.05, 0.1) is 7.11 Å². The van der Waals surface area contributed by atoms with Crippen LogP contribution in [0.4, 0.5) is 5.82 Å².